The molecular weight excluding hydrogens is 450 g/mol. The molecule has 5 rings (SSSR count). The van der Waals surface area contributed by atoms with Gasteiger partial charge in [0.05, 0.1) is 5.57 Å². The smallest absolute Gasteiger partial charge is 0.260 e. The Kier molecular flexibility index (Phi) is 6.56. The number of hydrogen-bond donors (Lipinski definition) is 3. The maximum atomic E-state index is 12.7. The summed E-state index contributed by atoms with van der Waals surface area (Å²) in [6.45, 7) is 4.12. The Morgan fingerprint density at radius 3 is 2.19 bits per heavy atom. The van der Waals surface area contributed by atoms with Crippen molar-refractivity contribution in [2.24, 2.45) is 0 Å². The summed E-state index contributed by atoms with van der Waals surface area (Å²) in [4.78, 5) is 29.8. The van der Waals surface area contributed by atoms with E-state index in [4.69, 9.17) is 5.73 Å². The Bertz CT molecular complexity index is 1340. The van der Waals surface area contributed by atoms with Crippen LogP contribution in [0.2, 0.25) is 0 Å². The van der Waals surface area contributed by atoms with Crippen LogP contribution in [0.3, 0.4) is 0 Å². The van der Waals surface area contributed by atoms with Gasteiger partial charge in [-0.25, -0.2) is 0 Å². The standard InChI is InChI=1S/C29H29N5O2/c1-33-14-16-34(17-15-33)24-11-9-23(10-12-24)31-19-27-26-18-21(3-2-20-4-7-22(30)8-5-20)6-13-25(26)28(35)32-29(27)36/h2-13,18-19,31H,14-17,30H2,1H3,(H,32,35,36)/b3-2+,27-19-. The minimum atomic E-state index is -0.422. The Balaban J connectivity index is 1.36. The minimum absolute atomic E-state index is 0.391. The van der Waals surface area contributed by atoms with Gasteiger partial charge in [0.15, 0.2) is 0 Å². The first-order chi connectivity index (χ1) is 17.5. The number of nitrogens with zero attached hydrogens (tertiary/aromatic N) is 2. The molecule has 2 aliphatic heterocycles. The molecule has 0 spiro atoms. The normalized spacial score (nSPS) is 17.4. The second-order valence-corrected chi connectivity index (χ2v) is 9.13. The average Bonchev–Trinajstić information content (AvgIpc) is 2.89. The number of amides is 2. The summed E-state index contributed by atoms with van der Waals surface area (Å²) < 4.78 is 0. The number of carbonyl (C=O) groups is 2. The summed E-state index contributed by atoms with van der Waals surface area (Å²) in [5, 5.41) is 5.66. The van der Waals surface area contributed by atoms with Gasteiger partial charge in [-0.1, -0.05) is 30.4 Å². The van der Waals surface area contributed by atoms with Crippen molar-refractivity contribution in [3.05, 3.63) is 95.2 Å². The van der Waals surface area contributed by atoms with Crippen molar-refractivity contribution in [3.8, 4) is 0 Å². The summed E-state index contributed by atoms with van der Waals surface area (Å²) in [5.74, 6) is -0.813. The van der Waals surface area contributed by atoms with Crippen LogP contribution in [0, 0.1) is 0 Å². The monoisotopic (exact) mass is 479 g/mol. The van der Waals surface area contributed by atoms with E-state index in [9.17, 15) is 9.59 Å². The van der Waals surface area contributed by atoms with Gasteiger partial charge in [0.25, 0.3) is 11.8 Å². The van der Waals surface area contributed by atoms with Crippen LogP contribution in [0.1, 0.15) is 27.0 Å². The molecule has 0 radical (unpaired) electrons. The first-order valence-electron chi connectivity index (χ1n) is 12.0. The highest BCUT2D eigenvalue weighted by Gasteiger charge is 2.27. The van der Waals surface area contributed by atoms with E-state index >= 15 is 0 Å². The number of piperazine rings is 1. The predicted molar refractivity (Wildman–Crippen MR) is 146 cm³/mol. The number of fused-ring (bicyclic) bond motifs is 1. The van der Waals surface area contributed by atoms with Crippen molar-refractivity contribution < 1.29 is 9.59 Å². The lowest BCUT2D eigenvalue weighted by Gasteiger charge is -2.34. The molecule has 2 heterocycles. The molecule has 4 N–H and O–H groups in total. The molecule has 3 aromatic carbocycles. The third-order valence-electron chi connectivity index (χ3n) is 6.57. The van der Waals surface area contributed by atoms with E-state index in [1.54, 1.807) is 12.3 Å². The summed E-state index contributed by atoms with van der Waals surface area (Å²) in [6, 6.07) is 21.2. The van der Waals surface area contributed by atoms with Crippen molar-refractivity contribution >= 4 is 46.6 Å². The average molecular weight is 480 g/mol. The number of imide groups is 1. The quantitative estimate of drug-likeness (QED) is 0.222. The minimum Gasteiger partial charge on any atom is -0.399 e. The largest absolute Gasteiger partial charge is 0.399 e. The van der Waals surface area contributed by atoms with Crippen molar-refractivity contribution in [1.29, 1.82) is 0 Å². The molecule has 0 unspecified atom stereocenters. The molecule has 1 fully saturated rings. The number of rotatable bonds is 5. The van der Waals surface area contributed by atoms with E-state index in [1.165, 1.54) is 5.69 Å². The summed E-state index contributed by atoms with van der Waals surface area (Å²) >= 11 is 0. The number of nitrogens with one attached hydrogen (secondary N) is 2. The molecule has 182 valence electrons. The van der Waals surface area contributed by atoms with E-state index in [1.807, 2.05) is 60.7 Å². The molecule has 0 saturated carbocycles. The van der Waals surface area contributed by atoms with Gasteiger partial charge in [0.1, 0.15) is 0 Å². The van der Waals surface area contributed by atoms with Crippen molar-refractivity contribution in [3.63, 3.8) is 0 Å². The van der Waals surface area contributed by atoms with Crippen molar-refractivity contribution in [1.82, 2.24) is 10.2 Å². The SMILES string of the molecule is CN1CCN(c2ccc(N/C=C3\C(=O)NC(=O)c4ccc(/C=C/c5ccc(N)cc5)cc43)cc2)CC1. The van der Waals surface area contributed by atoms with E-state index < -0.39 is 11.8 Å². The predicted octanol–water partition coefficient (Wildman–Crippen LogP) is 3.91. The number of likely N-dealkylation sites (N-methyl/N-ethyl adjacent to an activating group) is 1. The third-order valence-corrected chi connectivity index (χ3v) is 6.57. The van der Waals surface area contributed by atoms with Crippen LogP contribution in [0.25, 0.3) is 17.7 Å². The van der Waals surface area contributed by atoms with Crippen LogP contribution in [-0.2, 0) is 4.79 Å². The Morgan fingerprint density at radius 2 is 1.47 bits per heavy atom. The maximum absolute atomic E-state index is 12.7. The van der Waals surface area contributed by atoms with Gasteiger partial charge >= 0.3 is 0 Å². The highest BCUT2D eigenvalue weighted by Crippen LogP contribution is 2.27. The van der Waals surface area contributed by atoms with E-state index in [-0.39, 0.29) is 0 Å². The van der Waals surface area contributed by atoms with Gasteiger partial charge in [-0.2, -0.15) is 0 Å². The molecule has 0 atom stereocenters. The molecule has 3 aromatic rings. The van der Waals surface area contributed by atoms with Crippen LogP contribution < -0.4 is 21.3 Å². The third kappa shape index (κ3) is 5.16. The van der Waals surface area contributed by atoms with Gasteiger partial charge in [0, 0.05) is 60.6 Å². The second-order valence-electron chi connectivity index (χ2n) is 9.13. The fourth-order valence-electron chi connectivity index (χ4n) is 4.38. The van der Waals surface area contributed by atoms with Crippen LogP contribution in [-0.4, -0.2) is 49.9 Å². The molecular formula is C29H29N5O2. The molecule has 7 heteroatoms. The van der Waals surface area contributed by atoms with Crippen LogP contribution in [0.5, 0.6) is 0 Å². The first kappa shape index (κ1) is 23.4. The fourth-order valence-corrected chi connectivity index (χ4v) is 4.38. The molecule has 1 saturated heterocycles. The Morgan fingerprint density at radius 1 is 0.806 bits per heavy atom. The van der Waals surface area contributed by atoms with Crippen LogP contribution >= 0.6 is 0 Å². The van der Waals surface area contributed by atoms with E-state index in [0.29, 0.717) is 22.4 Å². The number of carbonyl (C=O) groups excluding carboxylic acids is 2. The van der Waals surface area contributed by atoms with E-state index in [0.717, 1.165) is 43.0 Å². The fraction of sp³-hybridized carbons (Fsp3) is 0.172. The van der Waals surface area contributed by atoms with Gasteiger partial charge in [0.2, 0.25) is 0 Å². The highest BCUT2D eigenvalue weighted by atomic mass is 16.2. The first-order valence-corrected chi connectivity index (χ1v) is 12.0. The lowest BCUT2D eigenvalue weighted by molar-refractivity contribution is -0.114. The summed E-state index contributed by atoms with van der Waals surface area (Å²) in [7, 11) is 2.14. The molecule has 36 heavy (non-hydrogen) atoms. The molecule has 0 aliphatic carbocycles. The number of benzene rings is 3. The topological polar surface area (TPSA) is 90.7 Å². The zero-order valence-electron chi connectivity index (χ0n) is 20.2. The maximum Gasteiger partial charge on any atom is 0.260 e. The van der Waals surface area contributed by atoms with Crippen molar-refractivity contribution in [2.75, 3.05) is 49.2 Å². The highest BCUT2D eigenvalue weighted by molar-refractivity contribution is 6.31. The Hall–Kier alpha value is -4.36. The summed E-state index contributed by atoms with van der Waals surface area (Å²) in [6.07, 6.45) is 5.58. The number of hydrogen-bond acceptors (Lipinski definition) is 6. The van der Waals surface area contributed by atoms with Gasteiger partial charge in [-0.3, -0.25) is 14.9 Å². The zero-order chi connectivity index (χ0) is 25.1. The molecule has 0 aromatic heterocycles. The molecule has 7 nitrogen and oxygen atoms in total. The van der Waals surface area contributed by atoms with Gasteiger partial charge in [-0.15, -0.1) is 0 Å². The second kappa shape index (κ2) is 10.1. The lowest BCUT2D eigenvalue weighted by Crippen LogP contribution is -2.44. The molecule has 2 aliphatic rings. The number of nitrogen functional groups attached to an aromatic ring is 1. The van der Waals surface area contributed by atoms with Crippen LogP contribution in [0.15, 0.2) is 72.9 Å². The summed E-state index contributed by atoms with van der Waals surface area (Å²) in [5.41, 5.74) is 11.9. The molecule has 0 bridgehead atoms. The van der Waals surface area contributed by atoms with E-state index in [2.05, 4.69) is 39.6 Å². The number of nitrogens with two attached hydrogens (primary N) is 1. The molecule has 2 amide bonds. The van der Waals surface area contributed by atoms with Crippen molar-refractivity contribution in [2.45, 2.75) is 0 Å². The number of anilines is 3. The van der Waals surface area contributed by atoms with Gasteiger partial charge in [-0.05, 0) is 66.7 Å². The Labute approximate surface area is 210 Å². The lowest BCUT2D eigenvalue weighted by atomic mass is 9.93. The van der Waals surface area contributed by atoms with Crippen LogP contribution in [0.4, 0.5) is 17.1 Å². The zero-order valence-corrected chi connectivity index (χ0v) is 20.2. The van der Waals surface area contributed by atoms with Gasteiger partial charge < -0.3 is 20.9 Å².